The van der Waals surface area contributed by atoms with Gasteiger partial charge in [0.15, 0.2) is 0 Å². The minimum absolute atomic E-state index is 0.0237. The Labute approximate surface area is 210 Å². The van der Waals surface area contributed by atoms with Gasteiger partial charge in [0.25, 0.3) is 0 Å². The number of carbonyl (C=O) groups excluding carboxylic acids is 1. The smallest absolute Gasteiger partial charge is 0.465 e. The zero-order valence-corrected chi connectivity index (χ0v) is 19.9. The SMILES string of the molecule is CCCCOC(=O)[C@H]1CC(c2c(F)cccc2F)=N[C@H]1c1ccc(-c2ccc(OC(F)(F)F)cc2)cc1. The molecular formula is C28H24F5NO3. The number of unbranched alkanes of at least 4 members (excludes halogenated alkanes) is 1. The number of nitrogens with zero attached hydrogens (tertiary/aromatic N) is 1. The second kappa shape index (κ2) is 11.1. The maximum atomic E-state index is 14.5. The van der Waals surface area contributed by atoms with Crippen LogP contribution in [-0.2, 0) is 9.53 Å². The maximum absolute atomic E-state index is 14.5. The molecule has 9 heteroatoms. The first-order chi connectivity index (χ1) is 17.7. The van der Waals surface area contributed by atoms with E-state index in [2.05, 4.69) is 9.73 Å². The van der Waals surface area contributed by atoms with Gasteiger partial charge < -0.3 is 9.47 Å². The second-order valence-electron chi connectivity index (χ2n) is 8.64. The van der Waals surface area contributed by atoms with Gasteiger partial charge in [-0.3, -0.25) is 9.79 Å². The van der Waals surface area contributed by atoms with Crippen LogP contribution in [0, 0.1) is 17.6 Å². The van der Waals surface area contributed by atoms with Gasteiger partial charge in [-0.25, -0.2) is 8.78 Å². The number of aliphatic imine (C=N–C) groups is 1. The summed E-state index contributed by atoms with van der Waals surface area (Å²) >= 11 is 0. The standard InChI is InChI=1S/C28H24F5NO3/c1-2-3-15-36-27(35)21-16-24(25-22(29)5-4-6-23(25)30)34-26(21)19-9-7-17(8-10-19)18-11-13-20(14-12-18)37-28(31,32)33/h4-14,21,26H,2-3,15-16H2,1H3/t21-,26-/m0/s1. The number of hydrogen-bond donors (Lipinski definition) is 0. The number of benzene rings is 3. The molecule has 1 aliphatic heterocycles. The molecule has 3 aromatic carbocycles. The summed E-state index contributed by atoms with van der Waals surface area (Å²) in [5.74, 6) is -3.09. The topological polar surface area (TPSA) is 47.9 Å². The molecule has 1 heterocycles. The molecule has 0 aliphatic carbocycles. The van der Waals surface area contributed by atoms with Crippen LogP contribution in [0.1, 0.15) is 43.4 Å². The van der Waals surface area contributed by atoms with Crippen molar-refractivity contribution < 1.29 is 36.2 Å². The Morgan fingerprint density at radius 2 is 1.54 bits per heavy atom. The van der Waals surface area contributed by atoms with Crippen molar-refractivity contribution in [2.45, 2.75) is 38.6 Å². The lowest BCUT2D eigenvalue weighted by atomic mass is 9.90. The molecule has 0 N–H and O–H groups in total. The van der Waals surface area contributed by atoms with Crippen molar-refractivity contribution >= 4 is 11.7 Å². The van der Waals surface area contributed by atoms with Gasteiger partial charge >= 0.3 is 12.3 Å². The average Bonchev–Trinajstić information content (AvgIpc) is 3.29. The number of halogens is 5. The molecule has 0 radical (unpaired) electrons. The maximum Gasteiger partial charge on any atom is 0.573 e. The lowest BCUT2D eigenvalue weighted by Gasteiger charge is -2.18. The number of ether oxygens (including phenoxy) is 2. The number of esters is 1. The summed E-state index contributed by atoms with van der Waals surface area (Å²) in [7, 11) is 0. The highest BCUT2D eigenvalue weighted by Gasteiger charge is 2.39. The molecule has 0 aromatic heterocycles. The van der Waals surface area contributed by atoms with E-state index in [4.69, 9.17) is 4.74 Å². The van der Waals surface area contributed by atoms with E-state index in [-0.39, 0.29) is 30.1 Å². The first-order valence-corrected chi connectivity index (χ1v) is 11.8. The quantitative estimate of drug-likeness (QED) is 0.177. The molecule has 0 saturated heterocycles. The van der Waals surface area contributed by atoms with Crippen LogP contribution in [0.3, 0.4) is 0 Å². The molecule has 1 aliphatic rings. The molecule has 0 fully saturated rings. The fraction of sp³-hybridized carbons (Fsp3) is 0.286. The summed E-state index contributed by atoms with van der Waals surface area (Å²) in [5, 5.41) is 0. The Bertz CT molecular complexity index is 1250. The predicted octanol–water partition coefficient (Wildman–Crippen LogP) is 7.42. The summed E-state index contributed by atoms with van der Waals surface area (Å²) in [6, 6.07) is 15.2. The predicted molar refractivity (Wildman–Crippen MR) is 128 cm³/mol. The first kappa shape index (κ1) is 26.3. The number of rotatable bonds is 8. The van der Waals surface area contributed by atoms with Gasteiger partial charge in [0, 0.05) is 12.1 Å². The minimum atomic E-state index is -4.77. The van der Waals surface area contributed by atoms with Gasteiger partial charge in [-0.1, -0.05) is 55.8 Å². The molecule has 3 aromatic rings. The summed E-state index contributed by atoms with van der Waals surface area (Å²) in [6.45, 7) is 2.21. The number of hydrogen-bond acceptors (Lipinski definition) is 4. The second-order valence-corrected chi connectivity index (χ2v) is 8.64. The third-order valence-corrected chi connectivity index (χ3v) is 6.06. The highest BCUT2D eigenvalue weighted by atomic mass is 19.4. The van der Waals surface area contributed by atoms with Gasteiger partial charge in [-0.05, 0) is 47.4 Å². The van der Waals surface area contributed by atoms with E-state index in [1.54, 1.807) is 24.3 Å². The highest BCUT2D eigenvalue weighted by Crippen LogP contribution is 2.39. The summed E-state index contributed by atoms with van der Waals surface area (Å²) in [4.78, 5) is 17.4. The van der Waals surface area contributed by atoms with Crippen LogP contribution < -0.4 is 4.74 Å². The van der Waals surface area contributed by atoms with Crippen LogP contribution in [0.25, 0.3) is 11.1 Å². The normalized spacial score (nSPS) is 17.4. The van der Waals surface area contributed by atoms with E-state index >= 15 is 0 Å². The van der Waals surface area contributed by atoms with Crippen LogP contribution >= 0.6 is 0 Å². The van der Waals surface area contributed by atoms with Crippen molar-refractivity contribution in [3.8, 4) is 16.9 Å². The fourth-order valence-corrected chi connectivity index (χ4v) is 4.24. The molecule has 0 unspecified atom stereocenters. The van der Waals surface area contributed by atoms with Crippen LogP contribution in [0.2, 0.25) is 0 Å². The molecule has 0 bridgehead atoms. The van der Waals surface area contributed by atoms with E-state index in [9.17, 15) is 26.7 Å². The first-order valence-electron chi connectivity index (χ1n) is 11.8. The summed E-state index contributed by atoms with van der Waals surface area (Å²) in [6.07, 6.45) is -3.21. The molecule has 0 spiro atoms. The van der Waals surface area contributed by atoms with Crippen LogP contribution in [0.4, 0.5) is 22.0 Å². The Morgan fingerprint density at radius 3 is 2.11 bits per heavy atom. The van der Waals surface area contributed by atoms with Crippen molar-refractivity contribution in [2.24, 2.45) is 10.9 Å². The Morgan fingerprint density at radius 1 is 0.946 bits per heavy atom. The van der Waals surface area contributed by atoms with Crippen molar-refractivity contribution in [1.29, 1.82) is 0 Å². The minimum Gasteiger partial charge on any atom is -0.465 e. The molecule has 4 nitrogen and oxygen atoms in total. The highest BCUT2D eigenvalue weighted by molar-refractivity contribution is 6.04. The van der Waals surface area contributed by atoms with Crippen LogP contribution in [0.5, 0.6) is 5.75 Å². The monoisotopic (exact) mass is 517 g/mol. The van der Waals surface area contributed by atoms with E-state index in [0.29, 0.717) is 23.1 Å². The van der Waals surface area contributed by atoms with Crippen LogP contribution in [-0.4, -0.2) is 24.7 Å². The zero-order chi connectivity index (χ0) is 26.6. The lowest BCUT2D eigenvalue weighted by Crippen LogP contribution is -2.22. The average molecular weight is 517 g/mol. The van der Waals surface area contributed by atoms with Gasteiger partial charge in [0.1, 0.15) is 17.4 Å². The molecule has 37 heavy (non-hydrogen) atoms. The third kappa shape index (κ3) is 6.34. The summed E-state index contributed by atoms with van der Waals surface area (Å²) < 4.78 is 75.4. The zero-order valence-electron chi connectivity index (χ0n) is 19.9. The Kier molecular flexibility index (Phi) is 7.90. The molecule has 4 rings (SSSR count). The fourth-order valence-electron chi connectivity index (χ4n) is 4.24. The van der Waals surface area contributed by atoms with E-state index in [1.807, 2.05) is 6.92 Å². The van der Waals surface area contributed by atoms with Gasteiger partial charge in [0.05, 0.1) is 24.1 Å². The molecule has 2 atom stereocenters. The number of carbonyl (C=O) groups is 1. The molecule has 0 amide bonds. The van der Waals surface area contributed by atoms with Crippen molar-refractivity contribution in [2.75, 3.05) is 6.61 Å². The Hall–Kier alpha value is -3.75. The van der Waals surface area contributed by atoms with Gasteiger partial charge in [-0.2, -0.15) is 0 Å². The van der Waals surface area contributed by atoms with Gasteiger partial charge in [-0.15, -0.1) is 13.2 Å². The van der Waals surface area contributed by atoms with Crippen molar-refractivity contribution in [1.82, 2.24) is 0 Å². The van der Waals surface area contributed by atoms with E-state index in [0.717, 1.165) is 18.6 Å². The molecule has 194 valence electrons. The molecular weight excluding hydrogens is 493 g/mol. The van der Waals surface area contributed by atoms with Crippen molar-refractivity contribution in [3.63, 3.8) is 0 Å². The lowest BCUT2D eigenvalue weighted by molar-refractivity contribution is -0.274. The van der Waals surface area contributed by atoms with Crippen LogP contribution in [0.15, 0.2) is 71.7 Å². The molecule has 0 saturated carbocycles. The van der Waals surface area contributed by atoms with Gasteiger partial charge in [0.2, 0.25) is 0 Å². The van der Waals surface area contributed by atoms with E-state index in [1.165, 1.54) is 30.3 Å². The van der Waals surface area contributed by atoms with E-state index < -0.39 is 35.9 Å². The Balaban J connectivity index is 1.60. The van der Waals surface area contributed by atoms with Crippen molar-refractivity contribution in [3.05, 3.63) is 89.5 Å². The summed E-state index contributed by atoms with van der Waals surface area (Å²) in [5.41, 5.74) is 1.91. The third-order valence-electron chi connectivity index (χ3n) is 6.06. The largest absolute Gasteiger partial charge is 0.573 e. The number of alkyl halides is 3.